The summed E-state index contributed by atoms with van der Waals surface area (Å²) in [4.78, 5) is 2.55. The summed E-state index contributed by atoms with van der Waals surface area (Å²) in [5.74, 6) is 0. The molecule has 0 aromatic heterocycles. The Kier molecular flexibility index (Phi) is 3.42. The third kappa shape index (κ3) is 2.62. The number of hydrogen-bond acceptors (Lipinski definition) is 1. The van der Waals surface area contributed by atoms with Crippen molar-refractivity contribution in [3.05, 3.63) is 60.2 Å². The Morgan fingerprint density at radius 3 is 2.28 bits per heavy atom. The van der Waals surface area contributed by atoms with Gasteiger partial charge in [0.2, 0.25) is 0 Å². The van der Waals surface area contributed by atoms with E-state index in [9.17, 15) is 0 Å². The molecule has 0 saturated carbocycles. The molecule has 1 heteroatoms. The highest BCUT2D eigenvalue weighted by atomic mass is 15.1. The zero-order valence-corrected chi connectivity index (χ0v) is 10.7. The van der Waals surface area contributed by atoms with E-state index in [1.165, 1.54) is 42.6 Å². The average Bonchev–Trinajstić information content (AvgIpc) is 2.93. The molecule has 3 rings (SSSR count). The van der Waals surface area contributed by atoms with Crippen LogP contribution in [0.15, 0.2) is 54.6 Å². The minimum Gasteiger partial charge on any atom is -0.299 e. The van der Waals surface area contributed by atoms with Gasteiger partial charge in [0.1, 0.15) is 0 Å². The monoisotopic (exact) mass is 237 g/mol. The minimum atomic E-state index is 1.10. The van der Waals surface area contributed by atoms with Crippen LogP contribution in [-0.4, -0.2) is 18.0 Å². The molecule has 0 atom stereocenters. The van der Waals surface area contributed by atoms with E-state index in [1.807, 2.05) is 0 Å². The van der Waals surface area contributed by atoms with Crippen LogP contribution in [0.25, 0.3) is 11.1 Å². The molecule has 1 aliphatic rings. The van der Waals surface area contributed by atoms with Crippen molar-refractivity contribution in [2.24, 2.45) is 0 Å². The molecule has 0 N–H and O–H groups in total. The van der Waals surface area contributed by atoms with Crippen molar-refractivity contribution < 1.29 is 0 Å². The van der Waals surface area contributed by atoms with Gasteiger partial charge in [0.15, 0.2) is 0 Å². The van der Waals surface area contributed by atoms with Crippen molar-refractivity contribution in [1.29, 1.82) is 0 Å². The Morgan fingerprint density at radius 1 is 0.778 bits per heavy atom. The second-order valence-corrected chi connectivity index (χ2v) is 5.05. The summed E-state index contributed by atoms with van der Waals surface area (Å²) in [6.07, 6.45) is 2.72. The van der Waals surface area contributed by atoms with Crippen molar-refractivity contribution in [2.75, 3.05) is 13.1 Å². The molecule has 0 radical (unpaired) electrons. The molecule has 0 amide bonds. The molecule has 0 unspecified atom stereocenters. The lowest BCUT2D eigenvalue weighted by molar-refractivity contribution is 0.331. The van der Waals surface area contributed by atoms with Crippen LogP contribution in [-0.2, 0) is 6.54 Å². The van der Waals surface area contributed by atoms with Gasteiger partial charge >= 0.3 is 0 Å². The first-order valence-corrected chi connectivity index (χ1v) is 6.78. The second kappa shape index (κ2) is 5.36. The number of hydrogen-bond donors (Lipinski definition) is 0. The van der Waals surface area contributed by atoms with Crippen LogP contribution in [0.1, 0.15) is 18.4 Å². The molecule has 1 saturated heterocycles. The minimum absolute atomic E-state index is 1.10. The predicted octanol–water partition coefficient (Wildman–Crippen LogP) is 3.95. The van der Waals surface area contributed by atoms with E-state index >= 15 is 0 Å². The van der Waals surface area contributed by atoms with Crippen molar-refractivity contribution >= 4 is 0 Å². The van der Waals surface area contributed by atoms with Gasteiger partial charge < -0.3 is 0 Å². The topological polar surface area (TPSA) is 3.24 Å². The fourth-order valence-corrected chi connectivity index (χ4v) is 2.68. The Balaban J connectivity index is 1.80. The van der Waals surface area contributed by atoms with Gasteiger partial charge in [0.05, 0.1) is 0 Å². The van der Waals surface area contributed by atoms with Crippen LogP contribution in [0.4, 0.5) is 0 Å². The van der Waals surface area contributed by atoms with Gasteiger partial charge in [0, 0.05) is 6.54 Å². The number of benzene rings is 2. The van der Waals surface area contributed by atoms with E-state index in [4.69, 9.17) is 0 Å². The van der Waals surface area contributed by atoms with Gasteiger partial charge in [-0.1, -0.05) is 48.5 Å². The lowest BCUT2D eigenvalue weighted by Gasteiger charge is -2.15. The second-order valence-electron chi connectivity index (χ2n) is 5.05. The van der Waals surface area contributed by atoms with Gasteiger partial charge in [-0.25, -0.2) is 0 Å². The van der Waals surface area contributed by atoms with Crippen molar-refractivity contribution in [2.45, 2.75) is 19.4 Å². The normalized spacial score (nSPS) is 16.0. The van der Waals surface area contributed by atoms with Crippen LogP contribution < -0.4 is 0 Å². The third-order valence-corrected chi connectivity index (χ3v) is 3.64. The number of rotatable bonds is 3. The fraction of sp³-hybridized carbons (Fsp3) is 0.294. The van der Waals surface area contributed by atoms with Crippen LogP contribution in [0, 0.1) is 0 Å². The van der Waals surface area contributed by atoms with E-state index in [-0.39, 0.29) is 0 Å². The first kappa shape index (κ1) is 11.5. The number of nitrogens with zero attached hydrogens (tertiary/aromatic N) is 1. The summed E-state index contributed by atoms with van der Waals surface area (Å²) in [7, 11) is 0. The molecule has 0 spiro atoms. The molecule has 18 heavy (non-hydrogen) atoms. The first-order valence-electron chi connectivity index (χ1n) is 6.78. The van der Waals surface area contributed by atoms with Crippen molar-refractivity contribution in [3.8, 4) is 11.1 Å². The molecular formula is C17H19N. The maximum atomic E-state index is 2.55. The lowest BCUT2D eigenvalue weighted by atomic mass is 10.0. The van der Waals surface area contributed by atoms with Gasteiger partial charge in [-0.15, -0.1) is 0 Å². The predicted molar refractivity (Wildman–Crippen MR) is 76.4 cm³/mol. The first-order chi connectivity index (χ1) is 8.92. The highest BCUT2D eigenvalue weighted by molar-refractivity contribution is 5.63. The van der Waals surface area contributed by atoms with Gasteiger partial charge in [-0.2, -0.15) is 0 Å². The lowest BCUT2D eigenvalue weighted by Crippen LogP contribution is -2.18. The Bertz CT molecular complexity index is 498. The molecule has 0 bridgehead atoms. The quantitative estimate of drug-likeness (QED) is 0.781. The van der Waals surface area contributed by atoms with Crippen molar-refractivity contribution in [1.82, 2.24) is 4.90 Å². The molecule has 1 nitrogen and oxygen atoms in total. The van der Waals surface area contributed by atoms with Gasteiger partial charge in [-0.3, -0.25) is 4.90 Å². The van der Waals surface area contributed by atoms with Crippen LogP contribution >= 0.6 is 0 Å². The molecule has 1 heterocycles. The summed E-state index contributed by atoms with van der Waals surface area (Å²) in [5, 5.41) is 0. The molecular weight excluding hydrogens is 218 g/mol. The van der Waals surface area contributed by atoms with E-state index in [0.717, 1.165) is 6.54 Å². The fourth-order valence-electron chi connectivity index (χ4n) is 2.68. The van der Waals surface area contributed by atoms with E-state index < -0.39 is 0 Å². The zero-order chi connectivity index (χ0) is 12.2. The third-order valence-electron chi connectivity index (χ3n) is 3.64. The summed E-state index contributed by atoms with van der Waals surface area (Å²) >= 11 is 0. The maximum absolute atomic E-state index is 2.55. The SMILES string of the molecule is c1ccc(-c2cccc(CN3CCCC3)c2)cc1. The number of likely N-dealkylation sites (tertiary alicyclic amines) is 1. The molecule has 2 aromatic rings. The Labute approximate surface area is 109 Å². The van der Waals surface area contributed by atoms with E-state index in [2.05, 4.69) is 59.5 Å². The van der Waals surface area contributed by atoms with Crippen LogP contribution in [0.3, 0.4) is 0 Å². The summed E-state index contributed by atoms with van der Waals surface area (Å²) in [5.41, 5.74) is 4.06. The van der Waals surface area contributed by atoms with Crippen LogP contribution in [0.2, 0.25) is 0 Å². The van der Waals surface area contributed by atoms with Gasteiger partial charge in [0.25, 0.3) is 0 Å². The van der Waals surface area contributed by atoms with Crippen molar-refractivity contribution in [3.63, 3.8) is 0 Å². The average molecular weight is 237 g/mol. The Hall–Kier alpha value is -1.60. The largest absolute Gasteiger partial charge is 0.299 e. The molecule has 92 valence electrons. The molecule has 2 aromatic carbocycles. The highest BCUT2D eigenvalue weighted by Crippen LogP contribution is 2.21. The van der Waals surface area contributed by atoms with Gasteiger partial charge in [-0.05, 0) is 48.7 Å². The highest BCUT2D eigenvalue weighted by Gasteiger charge is 2.11. The van der Waals surface area contributed by atoms with E-state index in [1.54, 1.807) is 0 Å². The smallest absolute Gasteiger partial charge is 0.0233 e. The summed E-state index contributed by atoms with van der Waals surface area (Å²) in [6.45, 7) is 3.62. The molecule has 1 fully saturated rings. The Morgan fingerprint density at radius 2 is 1.50 bits per heavy atom. The molecule has 1 aliphatic heterocycles. The maximum Gasteiger partial charge on any atom is 0.0233 e. The summed E-state index contributed by atoms with van der Waals surface area (Å²) < 4.78 is 0. The molecule has 0 aliphatic carbocycles. The van der Waals surface area contributed by atoms with E-state index in [0.29, 0.717) is 0 Å². The standard InChI is InChI=1S/C17H19N/c1-2-8-16(9-3-1)17-10-6-7-15(13-17)14-18-11-4-5-12-18/h1-3,6-10,13H,4-5,11-12,14H2. The zero-order valence-electron chi connectivity index (χ0n) is 10.7. The summed E-state index contributed by atoms with van der Waals surface area (Å²) in [6, 6.07) is 19.6. The van der Waals surface area contributed by atoms with Crippen LogP contribution in [0.5, 0.6) is 0 Å².